The van der Waals surface area contributed by atoms with Crippen LogP contribution in [0, 0.1) is 11.3 Å². The summed E-state index contributed by atoms with van der Waals surface area (Å²) in [5.74, 6) is 1.05. The van der Waals surface area contributed by atoms with Crippen molar-refractivity contribution in [3.8, 4) is 29.1 Å². The molecule has 2 rings (SSSR count). The molecule has 0 aromatic heterocycles. The van der Waals surface area contributed by atoms with Gasteiger partial charge in [0.25, 0.3) is 0 Å². The summed E-state index contributed by atoms with van der Waals surface area (Å²) in [4.78, 5) is 18.1. The Hall–Kier alpha value is -2.98. The summed E-state index contributed by atoms with van der Waals surface area (Å²) in [6, 6.07) is 11.6. The van der Waals surface area contributed by atoms with E-state index in [2.05, 4.69) is 10.6 Å². The lowest BCUT2D eigenvalue weighted by Gasteiger charge is -2.12. The fourth-order valence-electron chi connectivity index (χ4n) is 2.29. The summed E-state index contributed by atoms with van der Waals surface area (Å²) in [7, 11) is -0.412. The molecule has 0 unspecified atom stereocenters. The number of benzene rings is 2. The standard InChI is InChI=1S/C18H18NO7P/c1-23-15-8-13(9-16(10-15)24-2)14(11-19)6-12-4-5-17(25-3)18(7-12)26-27(20,21)22/h4-10H,1-3H3,(H2,20,21,22). The van der Waals surface area contributed by atoms with Crippen molar-refractivity contribution in [2.24, 2.45) is 0 Å². The number of phosphoric ester groups is 1. The first kappa shape index (κ1) is 20.3. The van der Waals surface area contributed by atoms with Gasteiger partial charge in [-0.1, -0.05) is 6.07 Å². The first-order valence-electron chi connectivity index (χ1n) is 7.58. The number of ether oxygens (including phenoxy) is 3. The molecule has 9 heteroatoms. The summed E-state index contributed by atoms with van der Waals surface area (Å²) < 4.78 is 31.2. The minimum Gasteiger partial charge on any atom is -0.497 e. The van der Waals surface area contributed by atoms with Crippen LogP contribution in [0.3, 0.4) is 0 Å². The van der Waals surface area contributed by atoms with Crippen molar-refractivity contribution < 1.29 is 33.1 Å². The summed E-state index contributed by atoms with van der Waals surface area (Å²) in [6.07, 6.45) is 1.54. The van der Waals surface area contributed by atoms with E-state index >= 15 is 0 Å². The Bertz CT molecular complexity index is 921. The van der Waals surface area contributed by atoms with Crippen molar-refractivity contribution in [3.05, 3.63) is 47.5 Å². The second-order valence-electron chi connectivity index (χ2n) is 5.26. The van der Waals surface area contributed by atoms with Crippen molar-refractivity contribution in [1.29, 1.82) is 5.26 Å². The normalized spacial score (nSPS) is 11.5. The van der Waals surface area contributed by atoms with Gasteiger partial charge in [-0.25, -0.2) is 4.57 Å². The van der Waals surface area contributed by atoms with Gasteiger partial charge in [-0.05, 0) is 41.5 Å². The van der Waals surface area contributed by atoms with Crippen LogP contribution in [0.1, 0.15) is 11.1 Å². The minimum atomic E-state index is -4.77. The molecule has 8 nitrogen and oxygen atoms in total. The topological polar surface area (TPSA) is 118 Å². The second kappa shape index (κ2) is 8.60. The molecule has 0 aliphatic rings. The third kappa shape index (κ3) is 5.50. The SMILES string of the molecule is COc1cc(OC)cc(C(C#N)=Cc2ccc(OC)c(OP(=O)(O)O)c2)c1. The van der Waals surface area contributed by atoms with Crippen molar-refractivity contribution in [2.75, 3.05) is 21.3 Å². The summed E-state index contributed by atoms with van der Waals surface area (Å²) in [5, 5.41) is 9.54. The molecule has 0 aliphatic carbocycles. The van der Waals surface area contributed by atoms with Crippen molar-refractivity contribution >= 4 is 19.5 Å². The van der Waals surface area contributed by atoms with Gasteiger partial charge in [0.1, 0.15) is 11.5 Å². The molecule has 0 amide bonds. The molecule has 27 heavy (non-hydrogen) atoms. The first-order valence-corrected chi connectivity index (χ1v) is 9.11. The molecule has 0 spiro atoms. The van der Waals surface area contributed by atoms with Gasteiger partial charge in [-0.2, -0.15) is 5.26 Å². The molecule has 0 atom stereocenters. The van der Waals surface area contributed by atoms with Gasteiger partial charge in [-0.3, -0.25) is 9.79 Å². The van der Waals surface area contributed by atoms with E-state index in [0.717, 1.165) is 0 Å². The molecule has 0 saturated carbocycles. The lowest BCUT2D eigenvalue weighted by atomic mass is 10.0. The average molecular weight is 391 g/mol. The number of hydrogen-bond acceptors (Lipinski definition) is 6. The fraction of sp³-hybridized carbons (Fsp3) is 0.167. The Morgan fingerprint density at radius 2 is 1.63 bits per heavy atom. The van der Waals surface area contributed by atoms with E-state index in [0.29, 0.717) is 28.2 Å². The number of nitriles is 1. The fourth-order valence-corrected chi connectivity index (χ4v) is 2.69. The number of nitrogens with zero attached hydrogens (tertiary/aromatic N) is 1. The van der Waals surface area contributed by atoms with Crippen molar-refractivity contribution in [1.82, 2.24) is 0 Å². The Labute approximate surface area is 156 Å². The van der Waals surface area contributed by atoms with Crippen LogP contribution in [0.25, 0.3) is 11.6 Å². The number of methoxy groups -OCH3 is 3. The van der Waals surface area contributed by atoms with E-state index in [1.54, 1.807) is 30.3 Å². The lowest BCUT2D eigenvalue weighted by Crippen LogP contribution is -1.95. The molecule has 0 heterocycles. The predicted molar refractivity (Wildman–Crippen MR) is 98.7 cm³/mol. The van der Waals surface area contributed by atoms with E-state index in [1.807, 2.05) is 0 Å². The van der Waals surface area contributed by atoms with Crippen molar-refractivity contribution in [3.63, 3.8) is 0 Å². The highest BCUT2D eigenvalue weighted by atomic mass is 31.2. The predicted octanol–water partition coefficient (Wildman–Crippen LogP) is 3.25. The molecular formula is C18H18NO7P. The third-order valence-corrected chi connectivity index (χ3v) is 3.93. The van der Waals surface area contributed by atoms with Gasteiger partial charge in [0.2, 0.25) is 0 Å². The molecule has 2 aromatic rings. The number of rotatable bonds is 7. The highest BCUT2D eigenvalue weighted by Gasteiger charge is 2.19. The maximum Gasteiger partial charge on any atom is 0.524 e. The molecular weight excluding hydrogens is 373 g/mol. The van der Waals surface area contributed by atoms with Gasteiger partial charge >= 0.3 is 7.82 Å². The van der Waals surface area contributed by atoms with Gasteiger partial charge in [0.05, 0.1) is 33.0 Å². The average Bonchev–Trinajstić information content (AvgIpc) is 2.64. The summed E-state index contributed by atoms with van der Waals surface area (Å²) in [6.45, 7) is 0. The van der Waals surface area contributed by atoms with E-state index in [1.165, 1.54) is 33.5 Å². The maximum atomic E-state index is 11.1. The van der Waals surface area contributed by atoms with Crippen LogP contribution >= 0.6 is 7.82 Å². The van der Waals surface area contributed by atoms with Crippen LogP contribution in [-0.2, 0) is 4.57 Å². The zero-order valence-electron chi connectivity index (χ0n) is 14.9. The Morgan fingerprint density at radius 1 is 1.00 bits per heavy atom. The van der Waals surface area contributed by atoms with Crippen LogP contribution in [0.4, 0.5) is 0 Å². The highest BCUT2D eigenvalue weighted by Crippen LogP contribution is 2.42. The van der Waals surface area contributed by atoms with Crippen LogP contribution < -0.4 is 18.7 Å². The number of phosphoric acid groups is 1. The van der Waals surface area contributed by atoms with E-state index in [9.17, 15) is 9.83 Å². The molecule has 2 N–H and O–H groups in total. The Balaban J connectivity index is 2.51. The van der Waals surface area contributed by atoms with E-state index in [4.69, 9.17) is 24.0 Å². The molecule has 0 radical (unpaired) electrons. The summed E-state index contributed by atoms with van der Waals surface area (Å²) >= 11 is 0. The van der Waals surface area contributed by atoms with Gasteiger partial charge in [-0.15, -0.1) is 0 Å². The zero-order valence-corrected chi connectivity index (χ0v) is 15.8. The quantitative estimate of drug-likeness (QED) is 0.419. The smallest absolute Gasteiger partial charge is 0.497 e. The lowest BCUT2D eigenvalue weighted by molar-refractivity contribution is 0.276. The zero-order chi connectivity index (χ0) is 20.0. The van der Waals surface area contributed by atoms with Crippen LogP contribution in [0.2, 0.25) is 0 Å². The minimum absolute atomic E-state index is 0.139. The van der Waals surface area contributed by atoms with E-state index < -0.39 is 7.82 Å². The Morgan fingerprint density at radius 3 is 2.11 bits per heavy atom. The second-order valence-corrected chi connectivity index (χ2v) is 6.43. The molecule has 0 bridgehead atoms. The monoisotopic (exact) mass is 391 g/mol. The largest absolute Gasteiger partial charge is 0.524 e. The van der Waals surface area contributed by atoms with Gasteiger partial charge in [0, 0.05) is 6.07 Å². The molecule has 0 fully saturated rings. The van der Waals surface area contributed by atoms with Gasteiger partial charge in [0.15, 0.2) is 11.5 Å². The molecule has 0 aliphatic heterocycles. The number of hydrogen-bond donors (Lipinski definition) is 2. The maximum absolute atomic E-state index is 11.1. The Kier molecular flexibility index (Phi) is 6.48. The molecule has 0 saturated heterocycles. The van der Waals surface area contributed by atoms with Crippen molar-refractivity contribution in [2.45, 2.75) is 0 Å². The molecule has 142 valence electrons. The highest BCUT2D eigenvalue weighted by molar-refractivity contribution is 7.46. The van der Waals surface area contributed by atoms with Gasteiger partial charge < -0.3 is 18.7 Å². The van der Waals surface area contributed by atoms with Crippen LogP contribution in [-0.4, -0.2) is 31.1 Å². The molecule has 2 aromatic carbocycles. The van der Waals surface area contributed by atoms with E-state index in [-0.39, 0.29) is 11.5 Å². The number of allylic oxidation sites excluding steroid dienone is 1. The van der Waals surface area contributed by atoms with Crippen LogP contribution in [0.15, 0.2) is 36.4 Å². The first-order chi connectivity index (χ1) is 12.8. The van der Waals surface area contributed by atoms with Crippen LogP contribution in [0.5, 0.6) is 23.0 Å². The summed E-state index contributed by atoms with van der Waals surface area (Å²) in [5.41, 5.74) is 1.33. The third-order valence-electron chi connectivity index (χ3n) is 3.50.